The number of ether oxygens (including phenoxy) is 1. The van der Waals surface area contributed by atoms with E-state index in [1.165, 1.54) is 12.8 Å². The molecule has 1 fully saturated rings. The molecule has 0 atom stereocenters. The summed E-state index contributed by atoms with van der Waals surface area (Å²) in [5.74, 6) is 1.62. The maximum Gasteiger partial charge on any atom is 0.336 e. The first-order chi connectivity index (χ1) is 11.7. The van der Waals surface area contributed by atoms with E-state index in [9.17, 15) is 4.79 Å². The zero-order chi connectivity index (χ0) is 16.5. The Labute approximate surface area is 139 Å². The lowest BCUT2D eigenvalue weighted by Crippen LogP contribution is -2.25. The summed E-state index contributed by atoms with van der Waals surface area (Å²) in [7, 11) is 1.60. The molecular weight excluding hydrogens is 306 g/mol. The lowest BCUT2D eigenvalue weighted by atomic mass is 10.1. The van der Waals surface area contributed by atoms with Gasteiger partial charge < -0.3 is 13.6 Å². The zero-order valence-electron chi connectivity index (χ0n) is 13.5. The van der Waals surface area contributed by atoms with Gasteiger partial charge in [-0.3, -0.25) is 4.90 Å². The van der Waals surface area contributed by atoms with Crippen molar-refractivity contribution < 1.29 is 13.6 Å². The van der Waals surface area contributed by atoms with Crippen molar-refractivity contribution in [2.45, 2.75) is 32.0 Å². The normalized spacial score (nSPS) is 14.4. The van der Waals surface area contributed by atoms with Gasteiger partial charge >= 0.3 is 5.63 Å². The van der Waals surface area contributed by atoms with Crippen molar-refractivity contribution in [2.24, 2.45) is 0 Å². The number of methoxy groups -OCH3 is 1. The van der Waals surface area contributed by atoms with Crippen LogP contribution in [-0.2, 0) is 13.1 Å². The summed E-state index contributed by atoms with van der Waals surface area (Å²) in [5.41, 5.74) is 1.20. The molecule has 3 aromatic rings. The first-order valence-electron chi connectivity index (χ1n) is 8.10. The summed E-state index contributed by atoms with van der Waals surface area (Å²) in [6.45, 7) is 1.44. The van der Waals surface area contributed by atoms with Gasteiger partial charge in [0.1, 0.15) is 17.1 Å². The highest BCUT2D eigenvalue weighted by Crippen LogP contribution is 2.31. The largest absolute Gasteiger partial charge is 0.497 e. The van der Waals surface area contributed by atoms with Crippen LogP contribution in [0.15, 0.2) is 56.3 Å². The van der Waals surface area contributed by atoms with Crippen LogP contribution >= 0.6 is 0 Å². The Morgan fingerprint density at radius 1 is 1.21 bits per heavy atom. The van der Waals surface area contributed by atoms with Crippen LogP contribution in [0.4, 0.5) is 0 Å². The molecule has 2 aromatic heterocycles. The topological polar surface area (TPSA) is 55.8 Å². The quantitative estimate of drug-likeness (QED) is 0.649. The van der Waals surface area contributed by atoms with Crippen LogP contribution < -0.4 is 10.4 Å². The van der Waals surface area contributed by atoms with E-state index < -0.39 is 0 Å². The van der Waals surface area contributed by atoms with E-state index in [-0.39, 0.29) is 5.63 Å². The SMILES string of the molecule is COc1ccc2c(CN(Cc3ccco3)C3CC3)cc(=O)oc2c1. The van der Waals surface area contributed by atoms with Crippen LogP contribution in [0.1, 0.15) is 24.2 Å². The van der Waals surface area contributed by atoms with Crippen LogP contribution in [0, 0.1) is 0 Å². The number of nitrogens with zero attached hydrogens (tertiary/aromatic N) is 1. The standard InChI is InChI=1S/C19H19NO4/c1-22-15-6-7-17-13(9-19(21)24-18(17)10-15)11-20(14-4-5-14)12-16-3-2-8-23-16/h2-3,6-10,14H,4-5,11-12H2,1H3. The second kappa shape index (κ2) is 6.17. The second-order valence-corrected chi connectivity index (χ2v) is 6.17. The molecule has 5 nitrogen and oxygen atoms in total. The maximum atomic E-state index is 11.9. The summed E-state index contributed by atoms with van der Waals surface area (Å²) >= 11 is 0. The van der Waals surface area contributed by atoms with E-state index in [0.29, 0.717) is 23.9 Å². The van der Waals surface area contributed by atoms with Gasteiger partial charge in [0.05, 0.1) is 19.9 Å². The average Bonchev–Trinajstić information content (AvgIpc) is 3.31. The molecule has 0 saturated heterocycles. The fraction of sp³-hybridized carbons (Fsp3) is 0.316. The molecule has 4 rings (SSSR count). The molecule has 0 radical (unpaired) electrons. The van der Waals surface area contributed by atoms with Crippen LogP contribution in [0.5, 0.6) is 5.75 Å². The minimum absolute atomic E-state index is 0.334. The van der Waals surface area contributed by atoms with Crippen LogP contribution in [0.2, 0.25) is 0 Å². The molecule has 5 heteroatoms. The Morgan fingerprint density at radius 3 is 2.79 bits per heavy atom. The summed E-state index contributed by atoms with van der Waals surface area (Å²) in [4.78, 5) is 14.3. The predicted molar refractivity (Wildman–Crippen MR) is 90.0 cm³/mol. The number of benzene rings is 1. The van der Waals surface area contributed by atoms with E-state index in [1.807, 2.05) is 24.3 Å². The Balaban J connectivity index is 1.68. The fourth-order valence-corrected chi connectivity index (χ4v) is 3.04. The van der Waals surface area contributed by atoms with Gasteiger partial charge in [-0.25, -0.2) is 4.79 Å². The highest BCUT2D eigenvalue weighted by molar-refractivity contribution is 5.81. The van der Waals surface area contributed by atoms with Crippen molar-refractivity contribution >= 4 is 11.0 Å². The van der Waals surface area contributed by atoms with Crippen LogP contribution in [0.3, 0.4) is 0 Å². The molecule has 0 amide bonds. The molecule has 0 unspecified atom stereocenters. The van der Waals surface area contributed by atoms with Gasteiger partial charge in [-0.2, -0.15) is 0 Å². The van der Waals surface area contributed by atoms with E-state index >= 15 is 0 Å². The molecule has 2 heterocycles. The molecule has 1 aromatic carbocycles. The summed E-state index contributed by atoms with van der Waals surface area (Å²) in [6, 6.07) is 11.6. The number of hydrogen-bond acceptors (Lipinski definition) is 5. The number of fused-ring (bicyclic) bond motifs is 1. The predicted octanol–water partition coefficient (Wildman–Crippen LogP) is 3.56. The van der Waals surface area contributed by atoms with Gasteiger partial charge in [0.25, 0.3) is 0 Å². The number of rotatable bonds is 6. The van der Waals surface area contributed by atoms with Crippen LogP contribution in [0.25, 0.3) is 11.0 Å². The van der Waals surface area contributed by atoms with Crippen LogP contribution in [-0.4, -0.2) is 18.1 Å². The highest BCUT2D eigenvalue weighted by Gasteiger charge is 2.30. The Bertz CT molecular complexity index is 893. The van der Waals surface area contributed by atoms with Crippen molar-refractivity contribution in [3.63, 3.8) is 0 Å². The molecule has 124 valence electrons. The van der Waals surface area contributed by atoms with Gasteiger partial charge in [0.15, 0.2) is 0 Å². The average molecular weight is 325 g/mol. The van der Waals surface area contributed by atoms with E-state index in [0.717, 1.165) is 23.3 Å². The maximum absolute atomic E-state index is 11.9. The fourth-order valence-electron chi connectivity index (χ4n) is 3.04. The molecule has 0 aliphatic heterocycles. The lowest BCUT2D eigenvalue weighted by molar-refractivity contribution is 0.225. The zero-order valence-corrected chi connectivity index (χ0v) is 13.5. The molecule has 0 N–H and O–H groups in total. The Morgan fingerprint density at radius 2 is 2.08 bits per heavy atom. The molecular formula is C19H19NO4. The van der Waals surface area contributed by atoms with E-state index in [1.54, 1.807) is 25.5 Å². The number of furan rings is 1. The molecule has 1 saturated carbocycles. The minimum Gasteiger partial charge on any atom is -0.497 e. The van der Waals surface area contributed by atoms with Gasteiger partial charge in [-0.1, -0.05) is 0 Å². The van der Waals surface area contributed by atoms with Gasteiger partial charge in [0, 0.05) is 30.1 Å². The lowest BCUT2D eigenvalue weighted by Gasteiger charge is -2.21. The van der Waals surface area contributed by atoms with Crippen molar-refractivity contribution in [1.82, 2.24) is 4.90 Å². The smallest absolute Gasteiger partial charge is 0.336 e. The van der Waals surface area contributed by atoms with Gasteiger partial charge in [-0.15, -0.1) is 0 Å². The molecule has 0 spiro atoms. The summed E-state index contributed by atoms with van der Waals surface area (Å²) < 4.78 is 16.0. The van der Waals surface area contributed by atoms with E-state index in [2.05, 4.69) is 4.90 Å². The Hall–Kier alpha value is -2.53. The summed E-state index contributed by atoms with van der Waals surface area (Å²) in [6.07, 6.45) is 4.07. The van der Waals surface area contributed by atoms with Crippen molar-refractivity contribution in [3.8, 4) is 5.75 Å². The second-order valence-electron chi connectivity index (χ2n) is 6.17. The minimum atomic E-state index is -0.334. The van der Waals surface area contributed by atoms with E-state index in [4.69, 9.17) is 13.6 Å². The van der Waals surface area contributed by atoms with Gasteiger partial charge in [-0.05, 0) is 42.7 Å². The molecule has 24 heavy (non-hydrogen) atoms. The third-order valence-corrected chi connectivity index (χ3v) is 4.41. The highest BCUT2D eigenvalue weighted by atomic mass is 16.5. The Kier molecular flexibility index (Phi) is 3.86. The monoisotopic (exact) mass is 325 g/mol. The van der Waals surface area contributed by atoms with Crippen molar-refractivity contribution in [2.75, 3.05) is 7.11 Å². The molecule has 0 bridgehead atoms. The van der Waals surface area contributed by atoms with Gasteiger partial charge in [0.2, 0.25) is 0 Å². The first kappa shape index (κ1) is 15.0. The summed E-state index contributed by atoms with van der Waals surface area (Å²) in [5, 5.41) is 0.945. The first-order valence-corrected chi connectivity index (χ1v) is 8.10. The molecule has 1 aliphatic rings. The van der Waals surface area contributed by atoms with Crippen molar-refractivity contribution in [1.29, 1.82) is 0 Å². The van der Waals surface area contributed by atoms with Crippen molar-refractivity contribution in [3.05, 3.63) is 64.4 Å². The number of hydrogen-bond donors (Lipinski definition) is 0. The third kappa shape index (κ3) is 3.08. The third-order valence-electron chi connectivity index (χ3n) is 4.41. The molecule has 1 aliphatic carbocycles.